The first-order valence-electron chi connectivity index (χ1n) is 11.1. The van der Waals surface area contributed by atoms with Crippen molar-refractivity contribution in [2.24, 2.45) is 0 Å². The highest BCUT2D eigenvalue weighted by Crippen LogP contribution is 2.39. The van der Waals surface area contributed by atoms with E-state index in [1.807, 2.05) is 6.07 Å². The number of hydrogen-bond acceptors (Lipinski definition) is 7. The van der Waals surface area contributed by atoms with Crippen LogP contribution < -0.4 is 29.2 Å². The second-order valence-corrected chi connectivity index (χ2v) is 8.78. The minimum absolute atomic E-state index is 0.0433. The topological polar surface area (TPSA) is 103 Å². The molecule has 9 nitrogen and oxygen atoms in total. The highest BCUT2D eigenvalue weighted by molar-refractivity contribution is 6.39. The number of nitrogens with one attached hydrogen (secondary N) is 1. The van der Waals surface area contributed by atoms with Crippen LogP contribution in [0, 0.1) is 0 Å². The van der Waals surface area contributed by atoms with Crippen LogP contribution in [0.15, 0.2) is 60.2 Å². The summed E-state index contributed by atoms with van der Waals surface area (Å²) in [6.45, 7) is 0.163. The predicted octanol–water partition coefficient (Wildman–Crippen LogP) is 5.26. The third-order valence-electron chi connectivity index (χ3n) is 5.60. The number of anilines is 1. The van der Waals surface area contributed by atoms with Gasteiger partial charge in [-0.25, -0.2) is 9.69 Å². The fourth-order valence-electron chi connectivity index (χ4n) is 3.72. The molecular weight excluding hydrogens is 535 g/mol. The number of rotatable bonds is 8. The van der Waals surface area contributed by atoms with Gasteiger partial charge in [0, 0.05) is 28.8 Å². The van der Waals surface area contributed by atoms with Crippen molar-refractivity contribution in [3.63, 3.8) is 0 Å². The minimum atomic E-state index is -0.952. The van der Waals surface area contributed by atoms with Gasteiger partial charge < -0.3 is 18.9 Å². The maximum Gasteiger partial charge on any atom is 0.336 e. The van der Waals surface area contributed by atoms with Crippen molar-refractivity contribution in [2.45, 2.75) is 6.61 Å². The molecule has 0 aliphatic carbocycles. The Hall–Kier alpha value is -4.21. The third-order valence-corrected chi connectivity index (χ3v) is 6.13. The second-order valence-electron chi connectivity index (χ2n) is 7.94. The predicted molar refractivity (Wildman–Crippen MR) is 142 cm³/mol. The molecule has 4 rings (SSSR count). The molecule has 1 fully saturated rings. The molecular formula is C27H22Cl2N2O7. The van der Waals surface area contributed by atoms with Gasteiger partial charge in [-0.15, -0.1) is 0 Å². The van der Waals surface area contributed by atoms with Gasteiger partial charge in [0.05, 0.1) is 32.0 Å². The summed E-state index contributed by atoms with van der Waals surface area (Å²) in [5, 5.41) is 2.96. The van der Waals surface area contributed by atoms with Gasteiger partial charge in [-0.2, -0.15) is 0 Å². The summed E-state index contributed by atoms with van der Waals surface area (Å²) in [6, 6.07) is 13.9. The SMILES string of the molecule is COc1ccc(/C=C2\C(=O)NC(=O)N(c3cc(OC)c(Cl)cc3OC)C2=O)c(OCc2cccc(Cl)c2)c1. The molecule has 1 heterocycles. The third kappa shape index (κ3) is 5.53. The molecule has 0 unspecified atom stereocenters. The Morgan fingerprint density at radius 2 is 1.63 bits per heavy atom. The molecule has 3 aromatic rings. The Balaban J connectivity index is 1.74. The highest BCUT2D eigenvalue weighted by atomic mass is 35.5. The largest absolute Gasteiger partial charge is 0.497 e. The number of urea groups is 1. The number of ether oxygens (including phenoxy) is 4. The Morgan fingerprint density at radius 3 is 2.32 bits per heavy atom. The van der Waals surface area contributed by atoms with Crippen LogP contribution in [0.5, 0.6) is 23.0 Å². The van der Waals surface area contributed by atoms with Gasteiger partial charge >= 0.3 is 6.03 Å². The van der Waals surface area contributed by atoms with Gasteiger partial charge in [0.1, 0.15) is 35.2 Å². The van der Waals surface area contributed by atoms with Crippen molar-refractivity contribution < 1.29 is 33.3 Å². The fourth-order valence-corrected chi connectivity index (χ4v) is 4.17. The molecule has 4 amide bonds. The van der Waals surface area contributed by atoms with E-state index in [0.29, 0.717) is 22.1 Å². The maximum absolute atomic E-state index is 13.5. The molecule has 0 spiro atoms. The van der Waals surface area contributed by atoms with Gasteiger partial charge in [-0.05, 0) is 35.9 Å². The lowest BCUT2D eigenvalue weighted by Gasteiger charge is -2.28. The standard InChI is InChI=1S/C27H22Cl2N2O7/c1-35-18-8-7-16(22(11-18)38-14-15-5-4-6-17(28)9-15)10-19-25(32)30-27(34)31(26(19)33)21-13-23(36-2)20(29)12-24(21)37-3/h4-13H,14H2,1-3H3,(H,30,32,34)/b19-10+. The number of amides is 4. The Bertz CT molecular complexity index is 1460. The van der Waals surface area contributed by atoms with Crippen LogP contribution in [0.4, 0.5) is 10.5 Å². The summed E-state index contributed by atoms with van der Waals surface area (Å²) in [6.07, 6.45) is 1.34. The van der Waals surface area contributed by atoms with Crippen molar-refractivity contribution in [3.8, 4) is 23.0 Å². The summed E-state index contributed by atoms with van der Waals surface area (Å²) in [5.74, 6) is -0.569. The average Bonchev–Trinajstić information content (AvgIpc) is 2.90. The van der Waals surface area contributed by atoms with Crippen molar-refractivity contribution >= 4 is 52.8 Å². The molecule has 1 aliphatic rings. The van der Waals surface area contributed by atoms with E-state index < -0.39 is 17.8 Å². The van der Waals surface area contributed by atoms with Crippen molar-refractivity contribution in [1.82, 2.24) is 5.32 Å². The van der Waals surface area contributed by atoms with E-state index in [1.165, 1.54) is 39.5 Å². The summed E-state index contributed by atoms with van der Waals surface area (Å²) < 4.78 is 21.8. The summed E-state index contributed by atoms with van der Waals surface area (Å²) in [5.41, 5.74) is 0.951. The van der Waals surface area contributed by atoms with E-state index in [1.54, 1.807) is 36.4 Å². The zero-order valence-electron chi connectivity index (χ0n) is 20.5. The molecule has 196 valence electrons. The lowest BCUT2D eigenvalue weighted by Crippen LogP contribution is -2.54. The Morgan fingerprint density at radius 1 is 0.868 bits per heavy atom. The number of hydrogen-bond donors (Lipinski definition) is 1. The van der Waals surface area contributed by atoms with Gasteiger partial charge in [-0.1, -0.05) is 35.3 Å². The molecule has 0 bridgehead atoms. The number of nitrogens with zero attached hydrogens (tertiary/aromatic N) is 1. The van der Waals surface area contributed by atoms with E-state index in [9.17, 15) is 14.4 Å². The lowest BCUT2D eigenvalue weighted by molar-refractivity contribution is -0.122. The van der Waals surface area contributed by atoms with Crippen LogP contribution in [0.1, 0.15) is 11.1 Å². The van der Waals surface area contributed by atoms with Gasteiger partial charge in [0.15, 0.2) is 0 Å². The Labute approximate surface area is 228 Å². The van der Waals surface area contributed by atoms with Crippen molar-refractivity contribution in [1.29, 1.82) is 0 Å². The first kappa shape index (κ1) is 26.8. The number of carbonyl (C=O) groups is 3. The number of imide groups is 2. The van der Waals surface area contributed by atoms with Gasteiger partial charge in [0.25, 0.3) is 11.8 Å². The highest BCUT2D eigenvalue weighted by Gasteiger charge is 2.39. The zero-order chi connectivity index (χ0) is 27.4. The monoisotopic (exact) mass is 556 g/mol. The summed E-state index contributed by atoms with van der Waals surface area (Å²) in [4.78, 5) is 39.8. The number of halogens is 2. The average molecular weight is 557 g/mol. The number of benzene rings is 3. The van der Waals surface area contributed by atoms with Gasteiger partial charge in [0.2, 0.25) is 0 Å². The van der Waals surface area contributed by atoms with E-state index in [0.717, 1.165) is 10.5 Å². The first-order valence-corrected chi connectivity index (χ1v) is 11.9. The second kappa shape index (κ2) is 11.5. The van der Waals surface area contributed by atoms with Crippen LogP contribution >= 0.6 is 23.2 Å². The first-order chi connectivity index (χ1) is 18.2. The molecule has 11 heteroatoms. The number of methoxy groups -OCH3 is 3. The smallest absolute Gasteiger partial charge is 0.336 e. The van der Waals surface area contributed by atoms with E-state index in [4.69, 9.17) is 42.1 Å². The molecule has 0 saturated carbocycles. The van der Waals surface area contributed by atoms with Crippen LogP contribution in [0.2, 0.25) is 10.0 Å². The zero-order valence-corrected chi connectivity index (χ0v) is 22.1. The van der Waals surface area contributed by atoms with Crippen LogP contribution in [-0.4, -0.2) is 39.2 Å². The fraction of sp³-hybridized carbons (Fsp3) is 0.148. The van der Waals surface area contributed by atoms with E-state index >= 15 is 0 Å². The lowest BCUT2D eigenvalue weighted by atomic mass is 10.1. The van der Waals surface area contributed by atoms with Crippen LogP contribution in [0.25, 0.3) is 6.08 Å². The summed E-state index contributed by atoms with van der Waals surface area (Å²) in [7, 11) is 4.25. The minimum Gasteiger partial charge on any atom is -0.497 e. The van der Waals surface area contributed by atoms with Crippen LogP contribution in [-0.2, 0) is 16.2 Å². The quantitative estimate of drug-likeness (QED) is 0.298. The molecule has 1 saturated heterocycles. The normalized spacial score (nSPS) is 14.4. The number of carbonyl (C=O) groups excluding carboxylic acids is 3. The maximum atomic E-state index is 13.5. The van der Waals surface area contributed by atoms with Crippen LogP contribution in [0.3, 0.4) is 0 Å². The van der Waals surface area contributed by atoms with E-state index in [2.05, 4.69) is 5.32 Å². The van der Waals surface area contributed by atoms with Crippen molar-refractivity contribution in [3.05, 3.63) is 81.3 Å². The molecule has 0 radical (unpaired) electrons. The molecule has 1 aliphatic heterocycles. The van der Waals surface area contributed by atoms with E-state index in [-0.39, 0.29) is 34.4 Å². The molecule has 0 atom stereocenters. The van der Waals surface area contributed by atoms with Crippen molar-refractivity contribution in [2.75, 3.05) is 26.2 Å². The molecule has 1 N–H and O–H groups in total. The molecule has 0 aromatic heterocycles. The Kier molecular flexibility index (Phi) is 8.09. The molecule has 38 heavy (non-hydrogen) atoms. The number of barbiturate groups is 1. The summed E-state index contributed by atoms with van der Waals surface area (Å²) >= 11 is 12.2. The molecule has 3 aromatic carbocycles. The van der Waals surface area contributed by atoms with Gasteiger partial charge in [-0.3, -0.25) is 14.9 Å².